The molecule has 4 heterocycles. The number of ether oxygens (including phenoxy) is 3. The Labute approximate surface area is 273 Å². The summed E-state index contributed by atoms with van der Waals surface area (Å²) in [5, 5.41) is 11.2. The van der Waals surface area contributed by atoms with Crippen LogP contribution >= 0.6 is 23.2 Å². The Balaban J connectivity index is 1.49. The van der Waals surface area contributed by atoms with Crippen LogP contribution < -0.4 is 25.4 Å². The molecule has 14 heteroatoms. The number of methoxy groups -OCH3 is 2. The molecule has 3 atom stereocenters. The predicted octanol–water partition coefficient (Wildman–Crippen LogP) is 3.94. The van der Waals surface area contributed by atoms with E-state index >= 15 is 0 Å². The number of carbonyl (C=O) groups excluding carboxylic acids is 1. The van der Waals surface area contributed by atoms with E-state index in [1.807, 2.05) is 6.07 Å². The summed E-state index contributed by atoms with van der Waals surface area (Å²) in [7, 11) is 7.31. The summed E-state index contributed by atoms with van der Waals surface area (Å²) in [5.74, 6) is 1.54. The molecule has 0 bridgehead atoms. The average Bonchev–Trinajstić information content (AvgIpc) is 3.52. The number of hydrogen-bond donors (Lipinski definition) is 3. The highest BCUT2D eigenvalue weighted by molar-refractivity contribution is 6.41. The number of hydrogen-bond acceptors (Lipinski definition) is 11. The maximum Gasteiger partial charge on any atom is 0.243 e. The molecular weight excluding hydrogens is 619 g/mol. The summed E-state index contributed by atoms with van der Waals surface area (Å²) in [6, 6.07) is 3.64. The summed E-state index contributed by atoms with van der Waals surface area (Å²) >= 11 is 13.6. The van der Waals surface area contributed by atoms with E-state index in [1.165, 1.54) is 20.3 Å². The maximum atomic E-state index is 12.0. The first kappa shape index (κ1) is 33.0. The molecule has 0 saturated carbocycles. The first-order valence-corrected chi connectivity index (χ1v) is 15.7. The number of fused-ring (bicyclic) bond motifs is 1. The second-order valence-corrected chi connectivity index (χ2v) is 12.1. The van der Waals surface area contributed by atoms with Gasteiger partial charge in [0.05, 0.1) is 48.6 Å². The Bertz CT molecular complexity index is 1510. The zero-order valence-corrected chi connectivity index (χ0v) is 27.5. The van der Waals surface area contributed by atoms with Crippen LogP contribution in [0.1, 0.15) is 12.8 Å². The van der Waals surface area contributed by atoms with Gasteiger partial charge in [0.1, 0.15) is 17.0 Å². The molecule has 2 saturated heterocycles. The van der Waals surface area contributed by atoms with E-state index in [2.05, 4.69) is 51.4 Å². The Morgan fingerprint density at radius 3 is 2.58 bits per heavy atom. The molecule has 1 amide bonds. The molecule has 2 fully saturated rings. The lowest BCUT2D eigenvalue weighted by molar-refractivity contribution is -0.117. The third-order valence-electron chi connectivity index (χ3n) is 8.28. The second kappa shape index (κ2) is 14.8. The molecule has 3 N–H and O–H groups in total. The highest BCUT2D eigenvalue weighted by Gasteiger charge is 2.28. The van der Waals surface area contributed by atoms with Crippen LogP contribution in [0.15, 0.2) is 31.0 Å². The van der Waals surface area contributed by atoms with Crippen molar-refractivity contribution in [3.05, 3.63) is 41.0 Å². The monoisotopic (exact) mass is 658 g/mol. The van der Waals surface area contributed by atoms with E-state index in [4.69, 9.17) is 47.4 Å². The summed E-state index contributed by atoms with van der Waals surface area (Å²) in [4.78, 5) is 31.2. The van der Waals surface area contributed by atoms with Gasteiger partial charge in [0.2, 0.25) is 11.9 Å². The van der Waals surface area contributed by atoms with Crippen LogP contribution in [0.5, 0.6) is 11.5 Å². The van der Waals surface area contributed by atoms with Crippen molar-refractivity contribution in [2.45, 2.75) is 31.0 Å². The van der Waals surface area contributed by atoms with Crippen molar-refractivity contribution in [1.82, 2.24) is 30.1 Å². The Hall–Kier alpha value is -3.42. The minimum Gasteiger partial charge on any atom is -0.495 e. The van der Waals surface area contributed by atoms with Crippen molar-refractivity contribution in [2.24, 2.45) is 0 Å². The Morgan fingerprint density at radius 1 is 1.16 bits per heavy atom. The molecule has 12 nitrogen and oxygen atoms in total. The third-order valence-corrected chi connectivity index (χ3v) is 9.03. The average molecular weight is 660 g/mol. The van der Waals surface area contributed by atoms with Gasteiger partial charge in [-0.3, -0.25) is 9.69 Å². The topological polar surface area (TPSA) is 126 Å². The molecule has 2 aliphatic heterocycles. The van der Waals surface area contributed by atoms with Gasteiger partial charge in [-0.15, -0.1) is 0 Å². The van der Waals surface area contributed by atoms with E-state index in [1.54, 1.807) is 12.3 Å². The van der Waals surface area contributed by atoms with Gasteiger partial charge in [-0.2, -0.15) is 0 Å². The molecule has 5 rings (SSSR count). The first-order chi connectivity index (χ1) is 21.7. The molecule has 242 valence electrons. The number of halogens is 2. The highest BCUT2D eigenvalue weighted by Crippen LogP contribution is 2.46. The van der Waals surface area contributed by atoms with Crippen LogP contribution in [0.2, 0.25) is 10.0 Å². The van der Waals surface area contributed by atoms with E-state index in [-0.39, 0.29) is 18.0 Å². The fourth-order valence-corrected chi connectivity index (χ4v) is 6.39. The molecule has 45 heavy (non-hydrogen) atoms. The standard InChI is InChI=1S/C31H40Cl2N8O4/c1-6-25(42)36-20-8-12-45-17-22(20)38-31-35-15-18-13-21(26-27(32)23(43-4)14-24(44-5)28(26)33)37-30(29(18)39-31)34-9-11-41-10-7-19(16-41)40(2)3/h6,13-15,19-20,22H,1,7-12,16-17H2,2-5H3,(H,34,37)(H,36,42)(H,35,38,39)/t19?,20-,22+/m0/s1. The third kappa shape index (κ3) is 7.53. The number of aromatic nitrogens is 3. The van der Waals surface area contributed by atoms with Crippen LogP contribution in [0.4, 0.5) is 11.8 Å². The van der Waals surface area contributed by atoms with E-state index in [9.17, 15) is 4.79 Å². The lowest BCUT2D eigenvalue weighted by Crippen LogP contribution is -2.52. The lowest BCUT2D eigenvalue weighted by atomic mass is 10.0. The van der Waals surface area contributed by atoms with Gasteiger partial charge in [0.15, 0.2) is 5.82 Å². The van der Waals surface area contributed by atoms with Gasteiger partial charge in [-0.25, -0.2) is 15.0 Å². The summed E-state index contributed by atoms with van der Waals surface area (Å²) < 4.78 is 16.7. The van der Waals surface area contributed by atoms with Gasteiger partial charge in [-0.1, -0.05) is 29.8 Å². The summed E-state index contributed by atoms with van der Waals surface area (Å²) in [6.07, 6.45) is 4.78. The van der Waals surface area contributed by atoms with Crippen molar-refractivity contribution in [3.8, 4) is 22.8 Å². The number of pyridine rings is 1. The fourth-order valence-electron chi connectivity index (χ4n) is 5.70. The maximum absolute atomic E-state index is 12.0. The zero-order valence-electron chi connectivity index (χ0n) is 26.0. The van der Waals surface area contributed by atoms with Crippen LogP contribution in [-0.2, 0) is 9.53 Å². The second-order valence-electron chi connectivity index (χ2n) is 11.3. The van der Waals surface area contributed by atoms with Crippen LogP contribution in [0, 0.1) is 0 Å². The van der Waals surface area contributed by atoms with Gasteiger partial charge in [0.25, 0.3) is 0 Å². The SMILES string of the molecule is C=CC(=O)N[C@H]1CCOC[C@H]1Nc1ncc2cc(-c3c(Cl)c(OC)cc(OC)c3Cl)nc(NCCN3CCC(N(C)C)C3)c2n1. The molecular formula is C31H40Cl2N8O4. The predicted molar refractivity (Wildman–Crippen MR) is 178 cm³/mol. The highest BCUT2D eigenvalue weighted by atomic mass is 35.5. The van der Waals surface area contributed by atoms with Gasteiger partial charge in [0, 0.05) is 55.5 Å². The molecule has 1 aromatic carbocycles. The number of nitrogens with one attached hydrogen (secondary N) is 3. The van der Waals surface area contributed by atoms with Crippen LogP contribution in [0.3, 0.4) is 0 Å². The number of benzene rings is 1. The molecule has 2 aliphatic rings. The number of likely N-dealkylation sites (tertiary alicyclic amines) is 1. The van der Waals surface area contributed by atoms with Crippen molar-refractivity contribution in [2.75, 3.05) is 78.3 Å². The summed E-state index contributed by atoms with van der Waals surface area (Å²) in [6.45, 7) is 8.04. The van der Waals surface area contributed by atoms with Crippen molar-refractivity contribution in [3.63, 3.8) is 0 Å². The van der Waals surface area contributed by atoms with Crippen LogP contribution in [-0.4, -0.2) is 116 Å². The summed E-state index contributed by atoms with van der Waals surface area (Å²) in [5.41, 5.74) is 1.62. The quantitative estimate of drug-likeness (QED) is 0.245. The largest absolute Gasteiger partial charge is 0.495 e. The van der Waals surface area contributed by atoms with Crippen molar-refractivity contribution in [1.29, 1.82) is 0 Å². The molecule has 0 spiro atoms. The fraction of sp³-hybridized carbons (Fsp3) is 0.484. The first-order valence-electron chi connectivity index (χ1n) is 14.9. The van der Waals surface area contributed by atoms with Crippen molar-refractivity contribution >= 4 is 51.8 Å². The van der Waals surface area contributed by atoms with Crippen molar-refractivity contribution < 1.29 is 19.0 Å². The minimum atomic E-state index is -0.238. The number of amides is 1. The zero-order chi connectivity index (χ0) is 32.1. The minimum absolute atomic E-state index is 0.166. The van der Waals surface area contributed by atoms with E-state index in [0.717, 1.165) is 31.4 Å². The number of carbonyl (C=O) groups is 1. The van der Waals surface area contributed by atoms with Gasteiger partial charge >= 0.3 is 0 Å². The number of nitrogens with zero attached hydrogens (tertiary/aromatic N) is 5. The van der Waals surface area contributed by atoms with Crippen LogP contribution in [0.25, 0.3) is 22.2 Å². The lowest BCUT2D eigenvalue weighted by Gasteiger charge is -2.32. The van der Waals surface area contributed by atoms with E-state index < -0.39 is 0 Å². The Morgan fingerprint density at radius 2 is 1.91 bits per heavy atom. The van der Waals surface area contributed by atoms with Gasteiger partial charge in [-0.05, 0) is 45.6 Å². The number of rotatable bonds is 12. The molecule has 3 aromatic rings. The molecule has 1 unspecified atom stereocenters. The molecule has 0 radical (unpaired) electrons. The molecule has 2 aromatic heterocycles. The normalized spacial score (nSPS) is 20.3. The Kier molecular flexibility index (Phi) is 10.8. The van der Waals surface area contributed by atoms with E-state index in [0.29, 0.717) is 82.3 Å². The number of likely N-dealkylation sites (N-methyl/N-ethyl adjacent to an activating group) is 1. The molecule has 0 aliphatic carbocycles. The smallest absolute Gasteiger partial charge is 0.243 e. The van der Waals surface area contributed by atoms with Gasteiger partial charge < -0.3 is 35.1 Å². The number of anilines is 2.